The zero-order valence-corrected chi connectivity index (χ0v) is 8.84. The third-order valence-corrected chi connectivity index (χ3v) is 3.01. The molecule has 1 atom stereocenters. The van der Waals surface area contributed by atoms with Crippen LogP contribution < -0.4 is 0 Å². The van der Waals surface area contributed by atoms with Crippen LogP contribution in [0.15, 0.2) is 12.1 Å². The van der Waals surface area contributed by atoms with Crippen LogP contribution in [0.2, 0.25) is 5.15 Å². The van der Waals surface area contributed by atoms with Crippen LogP contribution in [0.25, 0.3) is 0 Å². The van der Waals surface area contributed by atoms with Gasteiger partial charge in [-0.2, -0.15) is 0 Å². The average molecular weight is 210 g/mol. The van der Waals surface area contributed by atoms with E-state index in [1.54, 1.807) is 0 Å². The molecule has 2 nitrogen and oxygen atoms in total. The van der Waals surface area contributed by atoms with Gasteiger partial charge in [-0.25, -0.2) is 4.98 Å². The average Bonchev–Trinajstić information content (AvgIpc) is 2.51. The van der Waals surface area contributed by atoms with Crippen molar-refractivity contribution in [1.29, 1.82) is 0 Å². The number of hydrogen-bond donors (Lipinski definition) is 0. The second-order valence-electron chi connectivity index (χ2n) is 3.81. The Morgan fingerprint density at radius 1 is 1.50 bits per heavy atom. The van der Waals surface area contributed by atoms with Gasteiger partial charge in [-0.3, -0.25) is 4.79 Å². The van der Waals surface area contributed by atoms with Crippen LogP contribution in [-0.4, -0.2) is 10.8 Å². The summed E-state index contributed by atoms with van der Waals surface area (Å²) >= 11 is 6.03. The Morgan fingerprint density at radius 2 is 2.29 bits per heavy atom. The van der Waals surface area contributed by atoms with Crippen LogP contribution in [0.3, 0.4) is 0 Å². The molecule has 0 spiro atoms. The zero-order valence-electron chi connectivity index (χ0n) is 8.09. The van der Waals surface area contributed by atoms with Gasteiger partial charge in [0.15, 0.2) is 0 Å². The van der Waals surface area contributed by atoms with Gasteiger partial charge < -0.3 is 0 Å². The molecule has 1 aliphatic carbocycles. The molecule has 1 fully saturated rings. The number of pyridine rings is 1. The van der Waals surface area contributed by atoms with E-state index in [1.807, 2.05) is 19.1 Å². The molecule has 1 aromatic rings. The van der Waals surface area contributed by atoms with Crippen molar-refractivity contribution in [1.82, 2.24) is 4.98 Å². The minimum atomic E-state index is 0.295. The number of aryl methyl sites for hydroxylation is 1. The van der Waals surface area contributed by atoms with E-state index in [1.165, 1.54) is 0 Å². The van der Waals surface area contributed by atoms with E-state index >= 15 is 0 Å². The standard InChI is InChI=1S/C11H12ClNO/c1-7-2-5-10(11(12)13-7)8-3-4-9(14)6-8/h2,5,8H,3-4,6H2,1H3. The summed E-state index contributed by atoms with van der Waals surface area (Å²) in [6.45, 7) is 1.91. The summed E-state index contributed by atoms with van der Waals surface area (Å²) in [7, 11) is 0. The Morgan fingerprint density at radius 3 is 2.86 bits per heavy atom. The topological polar surface area (TPSA) is 30.0 Å². The maximum atomic E-state index is 11.1. The zero-order chi connectivity index (χ0) is 10.1. The number of nitrogens with zero attached hydrogens (tertiary/aromatic N) is 1. The van der Waals surface area contributed by atoms with Crippen molar-refractivity contribution in [2.75, 3.05) is 0 Å². The van der Waals surface area contributed by atoms with Crippen molar-refractivity contribution < 1.29 is 4.79 Å². The minimum absolute atomic E-state index is 0.295. The number of carbonyl (C=O) groups is 1. The van der Waals surface area contributed by atoms with Crippen molar-refractivity contribution in [3.8, 4) is 0 Å². The van der Waals surface area contributed by atoms with E-state index < -0.39 is 0 Å². The number of rotatable bonds is 1. The Balaban J connectivity index is 2.28. The molecule has 74 valence electrons. The third kappa shape index (κ3) is 1.80. The lowest BCUT2D eigenvalue weighted by molar-refractivity contribution is -0.117. The molecule has 0 N–H and O–H groups in total. The molecule has 0 bridgehead atoms. The van der Waals surface area contributed by atoms with Crippen LogP contribution in [0.1, 0.15) is 36.4 Å². The molecule has 14 heavy (non-hydrogen) atoms. The Labute approximate surface area is 88.3 Å². The highest BCUT2D eigenvalue weighted by Crippen LogP contribution is 2.35. The minimum Gasteiger partial charge on any atom is -0.300 e. The molecule has 1 aliphatic rings. The summed E-state index contributed by atoms with van der Waals surface area (Å²) in [4.78, 5) is 15.3. The van der Waals surface area contributed by atoms with E-state index in [4.69, 9.17) is 11.6 Å². The van der Waals surface area contributed by atoms with Crippen LogP contribution in [0, 0.1) is 6.92 Å². The normalized spacial score (nSPS) is 21.6. The second kappa shape index (κ2) is 3.70. The van der Waals surface area contributed by atoms with E-state index in [2.05, 4.69) is 4.98 Å². The molecular formula is C11H12ClNO. The Hall–Kier alpha value is -0.890. The molecule has 2 rings (SSSR count). The largest absolute Gasteiger partial charge is 0.300 e. The van der Waals surface area contributed by atoms with Gasteiger partial charge in [-0.15, -0.1) is 0 Å². The molecule has 0 saturated heterocycles. The summed E-state index contributed by atoms with van der Waals surface area (Å²) < 4.78 is 0. The number of ketones is 1. The van der Waals surface area contributed by atoms with Crippen LogP contribution in [-0.2, 0) is 4.79 Å². The SMILES string of the molecule is Cc1ccc(C2CCC(=O)C2)c(Cl)n1. The van der Waals surface area contributed by atoms with Gasteiger partial charge in [0.25, 0.3) is 0 Å². The first-order valence-corrected chi connectivity index (χ1v) is 5.19. The number of aromatic nitrogens is 1. The smallest absolute Gasteiger partial charge is 0.133 e. The van der Waals surface area contributed by atoms with Gasteiger partial charge in [-0.1, -0.05) is 17.7 Å². The molecule has 0 aliphatic heterocycles. The molecule has 1 unspecified atom stereocenters. The molecule has 0 amide bonds. The second-order valence-corrected chi connectivity index (χ2v) is 4.17. The fourth-order valence-electron chi connectivity index (χ4n) is 1.92. The number of hydrogen-bond acceptors (Lipinski definition) is 2. The highest BCUT2D eigenvalue weighted by Gasteiger charge is 2.25. The lowest BCUT2D eigenvalue weighted by Crippen LogP contribution is -1.97. The molecule has 3 heteroatoms. The Bertz CT molecular complexity index is 376. The van der Waals surface area contributed by atoms with E-state index in [0.717, 1.165) is 17.7 Å². The van der Waals surface area contributed by atoms with Gasteiger partial charge in [0, 0.05) is 18.5 Å². The first kappa shape index (κ1) is 9.66. The van der Waals surface area contributed by atoms with Crippen molar-refractivity contribution >= 4 is 17.4 Å². The van der Waals surface area contributed by atoms with Crippen LogP contribution >= 0.6 is 11.6 Å². The van der Waals surface area contributed by atoms with E-state index in [0.29, 0.717) is 29.7 Å². The van der Waals surface area contributed by atoms with Crippen molar-refractivity contribution in [2.45, 2.75) is 32.1 Å². The molecule has 1 saturated carbocycles. The fraction of sp³-hybridized carbons (Fsp3) is 0.455. The summed E-state index contributed by atoms with van der Waals surface area (Å²) in [6, 6.07) is 3.94. The predicted molar refractivity (Wildman–Crippen MR) is 55.6 cm³/mol. The Kier molecular flexibility index (Phi) is 2.55. The lowest BCUT2D eigenvalue weighted by atomic mass is 9.99. The third-order valence-electron chi connectivity index (χ3n) is 2.70. The van der Waals surface area contributed by atoms with Crippen molar-refractivity contribution in [3.63, 3.8) is 0 Å². The summed E-state index contributed by atoms with van der Waals surface area (Å²) in [5, 5.41) is 0.560. The monoisotopic (exact) mass is 209 g/mol. The number of carbonyl (C=O) groups excluding carboxylic acids is 1. The predicted octanol–water partition coefficient (Wildman–Crippen LogP) is 2.88. The highest BCUT2D eigenvalue weighted by atomic mass is 35.5. The lowest BCUT2D eigenvalue weighted by Gasteiger charge is -2.10. The van der Waals surface area contributed by atoms with Crippen LogP contribution in [0.4, 0.5) is 0 Å². The maximum Gasteiger partial charge on any atom is 0.133 e. The van der Waals surface area contributed by atoms with E-state index in [-0.39, 0.29) is 0 Å². The van der Waals surface area contributed by atoms with Gasteiger partial charge in [0.05, 0.1) is 0 Å². The molecule has 0 radical (unpaired) electrons. The molecule has 1 aromatic heterocycles. The molecule has 1 heterocycles. The number of halogens is 1. The first-order valence-electron chi connectivity index (χ1n) is 4.81. The summed E-state index contributed by atoms with van der Waals surface area (Å²) in [5.41, 5.74) is 1.95. The van der Waals surface area contributed by atoms with Gasteiger partial charge >= 0.3 is 0 Å². The van der Waals surface area contributed by atoms with Gasteiger partial charge in [0.2, 0.25) is 0 Å². The van der Waals surface area contributed by atoms with E-state index in [9.17, 15) is 4.79 Å². The maximum absolute atomic E-state index is 11.1. The highest BCUT2D eigenvalue weighted by molar-refractivity contribution is 6.30. The first-order chi connectivity index (χ1) is 6.66. The van der Waals surface area contributed by atoms with Gasteiger partial charge in [0.1, 0.15) is 10.9 Å². The number of Topliss-reactive ketones (excluding diaryl/α,β-unsaturated/α-hetero) is 1. The van der Waals surface area contributed by atoms with Crippen LogP contribution in [0.5, 0.6) is 0 Å². The van der Waals surface area contributed by atoms with Crippen molar-refractivity contribution in [2.24, 2.45) is 0 Å². The fourth-order valence-corrected chi connectivity index (χ4v) is 2.27. The summed E-state index contributed by atoms with van der Waals surface area (Å²) in [5.74, 6) is 0.634. The van der Waals surface area contributed by atoms with Gasteiger partial charge in [-0.05, 0) is 30.9 Å². The van der Waals surface area contributed by atoms with Crippen molar-refractivity contribution in [3.05, 3.63) is 28.5 Å². The summed E-state index contributed by atoms with van der Waals surface area (Å²) in [6.07, 6.45) is 2.24. The molecular weight excluding hydrogens is 198 g/mol. The quantitative estimate of drug-likeness (QED) is 0.666. The molecule has 0 aromatic carbocycles.